The minimum atomic E-state index is -0.838. The Morgan fingerprint density at radius 2 is 1.79 bits per heavy atom. The number of carbonyl (C=O) groups is 1. The van der Waals surface area contributed by atoms with Crippen molar-refractivity contribution in [3.8, 4) is 23.0 Å². The van der Waals surface area contributed by atoms with Gasteiger partial charge < -0.3 is 23.7 Å². The molecule has 1 unspecified atom stereocenters. The summed E-state index contributed by atoms with van der Waals surface area (Å²) in [5, 5.41) is 0. The maximum absolute atomic E-state index is 14.2. The van der Waals surface area contributed by atoms with Crippen molar-refractivity contribution < 1.29 is 28.5 Å². The zero-order chi connectivity index (χ0) is 29.4. The number of nitrogens with zero attached hydrogens (tertiary/aromatic N) is 2. The van der Waals surface area contributed by atoms with Crippen LogP contribution in [0.3, 0.4) is 0 Å². The van der Waals surface area contributed by atoms with Gasteiger partial charge >= 0.3 is 5.97 Å². The Balaban J connectivity index is 1.64. The summed E-state index contributed by atoms with van der Waals surface area (Å²) < 4.78 is 29.6. The predicted octanol–water partition coefficient (Wildman–Crippen LogP) is 3.99. The highest BCUT2D eigenvalue weighted by molar-refractivity contribution is 7.07. The van der Waals surface area contributed by atoms with Crippen LogP contribution in [0.1, 0.15) is 35.2 Å². The van der Waals surface area contributed by atoms with E-state index in [-0.39, 0.29) is 24.5 Å². The molecule has 2 aliphatic heterocycles. The number of rotatable bonds is 7. The molecule has 0 saturated carbocycles. The van der Waals surface area contributed by atoms with Crippen LogP contribution in [0.15, 0.2) is 76.0 Å². The summed E-state index contributed by atoms with van der Waals surface area (Å²) in [6.45, 7) is 4.01. The topological polar surface area (TPSA) is 97.6 Å². The van der Waals surface area contributed by atoms with Gasteiger partial charge in [0, 0.05) is 5.56 Å². The molecule has 0 N–H and O–H groups in total. The largest absolute Gasteiger partial charge is 0.493 e. The number of esters is 1. The average Bonchev–Trinajstić information content (AvgIpc) is 3.59. The third kappa shape index (κ3) is 4.73. The molecule has 42 heavy (non-hydrogen) atoms. The van der Waals surface area contributed by atoms with Gasteiger partial charge in [0.1, 0.15) is 0 Å². The summed E-state index contributed by atoms with van der Waals surface area (Å²) in [5.41, 5.74) is 3.54. The molecular weight excluding hydrogens is 556 g/mol. The molecule has 0 spiro atoms. The number of fused-ring (bicyclic) bond motifs is 2. The van der Waals surface area contributed by atoms with Crippen molar-refractivity contribution in [2.45, 2.75) is 19.9 Å². The first kappa shape index (κ1) is 27.3. The predicted molar refractivity (Wildman–Crippen MR) is 158 cm³/mol. The third-order valence-electron chi connectivity index (χ3n) is 7.14. The number of aromatic nitrogens is 1. The Morgan fingerprint density at radius 1 is 1.05 bits per heavy atom. The molecule has 10 heteroatoms. The van der Waals surface area contributed by atoms with Crippen LogP contribution in [0.4, 0.5) is 0 Å². The second-order valence-electron chi connectivity index (χ2n) is 9.61. The van der Waals surface area contributed by atoms with Gasteiger partial charge in [-0.15, -0.1) is 0 Å². The van der Waals surface area contributed by atoms with Crippen LogP contribution in [-0.4, -0.2) is 38.2 Å². The van der Waals surface area contributed by atoms with Crippen LogP contribution < -0.4 is 33.8 Å². The number of thiazole rings is 1. The third-order valence-corrected chi connectivity index (χ3v) is 8.13. The molecule has 9 nitrogen and oxygen atoms in total. The number of hydrogen-bond acceptors (Lipinski definition) is 9. The molecule has 6 rings (SSSR count). The van der Waals surface area contributed by atoms with Crippen molar-refractivity contribution in [2.24, 2.45) is 4.99 Å². The average molecular weight is 585 g/mol. The van der Waals surface area contributed by atoms with Crippen LogP contribution >= 0.6 is 11.3 Å². The highest BCUT2D eigenvalue weighted by Gasteiger charge is 2.35. The van der Waals surface area contributed by atoms with E-state index in [9.17, 15) is 9.59 Å². The fraction of sp³-hybridized carbons (Fsp3) is 0.219. The maximum atomic E-state index is 14.2. The van der Waals surface area contributed by atoms with Gasteiger partial charge in [0.2, 0.25) is 6.79 Å². The summed E-state index contributed by atoms with van der Waals surface area (Å²) in [6, 6.07) is 17.7. The first-order valence-corrected chi connectivity index (χ1v) is 14.2. The molecule has 3 heterocycles. The highest BCUT2D eigenvalue weighted by atomic mass is 32.1. The van der Waals surface area contributed by atoms with Crippen LogP contribution in [0.2, 0.25) is 0 Å². The number of carbonyl (C=O) groups excluding carboxylic acids is 1. The number of aryl methyl sites for hydroxylation is 1. The number of benzene rings is 3. The molecule has 1 aromatic heterocycles. The van der Waals surface area contributed by atoms with Gasteiger partial charge in [0.25, 0.3) is 5.56 Å². The Bertz CT molecular complexity index is 1910. The van der Waals surface area contributed by atoms with E-state index in [2.05, 4.69) is 0 Å². The molecule has 0 aliphatic carbocycles. The minimum absolute atomic E-state index is 0.157. The number of ether oxygens (including phenoxy) is 5. The van der Waals surface area contributed by atoms with Gasteiger partial charge in [-0.1, -0.05) is 47.7 Å². The van der Waals surface area contributed by atoms with E-state index in [1.165, 1.54) is 18.4 Å². The molecule has 0 radical (unpaired) electrons. The van der Waals surface area contributed by atoms with Gasteiger partial charge in [-0.3, -0.25) is 9.36 Å². The van der Waals surface area contributed by atoms with Crippen molar-refractivity contribution in [3.63, 3.8) is 0 Å². The van der Waals surface area contributed by atoms with E-state index in [0.717, 1.165) is 16.7 Å². The Labute approximate surface area is 245 Å². The molecule has 4 aromatic rings. The maximum Gasteiger partial charge on any atom is 0.338 e. The highest BCUT2D eigenvalue weighted by Crippen LogP contribution is 2.39. The lowest BCUT2D eigenvalue weighted by Crippen LogP contribution is -2.40. The molecule has 0 fully saturated rings. The smallest absolute Gasteiger partial charge is 0.338 e. The minimum Gasteiger partial charge on any atom is -0.493 e. The van der Waals surface area contributed by atoms with Crippen molar-refractivity contribution >= 4 is 29.1 Å². The van der Waals surface area contributed by atoms with Gasteiger partial charge in [-0.05, 0) is 60.9 Å². The lowest BCUT2D eigenvalue weighted by molar-refractivity contribution is -0.138. The monoisotopic (exact) mass is 584 g/mol. The number of hydrogen-bond donors (Lipinski definition) is 0. The van der Waals surface area contributed by atoms with Crippen molar-refractivity contribution in [3.05, 3.63) is 108 Å². The molecular formula is C32H28N2O7S. The van der Waals surface area contributed by atoms with E-state index >= 15 is 0 Å². The van der Waals surface area contributed by atoms with E-state index in [1.807, 2.05) is 61.5 Å². The second-order valence-corrected chi connectivity index (χ2v) is 10.6. The van der Waals surface area contributed by atoms with Crippen LogP contribution in [0.25, 0.3) is 11.8 Å². The quantitative estimate of drug-likeness (QED) is 0.303. The molecule has 2 aliphatic rings. The first-order valence-electron chi connectivity index (χ1n) is 13.3. The zero-order valence-corrected chi connectivity index (χ0v) is 24.3. The SMILES string of the molecule is CCOC(=O)C1=C(c2ccccc2)N=c2s/c(=C\c3cc4c(cc3C)OCO4)c(=O)n2C1c1ccc(OC)c(OC)c1. The van der Waals surface area contributed by atoms with E-state index in [1.54, 1.807) is 30.7 Å². The van der Waals surface area contributed by atoms with Crippen LogP contribution in [0.5, 0.6) is 23.0 Å². The normalized spacial score (nSPS) is 15.7. The van der Waals surface area contributed by atoms with E-state index in [4.69, 9.17) is 28.7 Å². The molecule has 214 valence electrons. The van der Waals surface area contributed by atoms with Crippen molar-refractivity contribution in [1.82, 2.24) is 4.57 Å². The Kier molecular flexibility index (Phi) is 7.30. The molecule has 0 saturated heterocycles. The molecule has 0 bridgehead atoms. The molecule has 3 aromatic carbocycles. The fourth-order valence-corrected chi connectivity index (χ4v) is 6.13. The lowest BCUT2D eigenvalue weighted by Gasteiger charge is -2.26. The summed E-state index contributed by atoms with van der Waals surface area (Å²) in [5.74, 6) is 1.73. The Morgan fingerprint density at radius 3 is 2.50 bits per heavy atom. The lowest BCUT2D eigenvalue weighted by atomic mass is 9.93. The van der Waals surface area contributed by atoms with Crippen molar-refractivity contribution in [1.29, 1.82) is 0 Å². The summed E-state index contributed by atoms with van der Waals surface area (Å²) in [6.07, 6.45) is 1.82. The fourth-order valence-electron chi connectivity index (χ4n) is 5.13. The molecule has 0 amide bonds. The summed E-state index contributed by atoms with van der Waals surface area (Å²) in [4.78, 5) is 33.2. The van der Waals surface area contributed by atoms with Crippen LogP contribution in [0, 0.1) is 6.92 Å². The van der Waals surface area contributed by atoms with Crippen LogP contribution in [-0.2, 0) is 9.53 Å². The molecule has 1 atom stereocenters. The Hall–Kier alpha value is -4.83. The van der Waals surface area contributed by atoms with Gasteiger partial charge in [0.05, 0.1) is 42.7 Å². The standard InChI is InChI=1S/C32H28N2O7S/c1-5-39-31(36)27-28(19-9-7-6-8-10-19)33-32-34(29(27)20-11-12-22(37-3)23(14-20)38-4)30(35)26(42-32)16-21-15-25-24(13-18(21)2)40-17-41-25/h6-16,29H,5,17H2,1-4H3/b26-16-. The van der Waals surface area contributed by atoms with Gasteiger partial charge in [0.15, 0.2) is 27.8 Å². The second kappa shape index (κ2) is 11.2. The van der Waals surface area contributed by atoms with Gasteiger partial charge in [-0.25, -0.2) is 9.79 Å². The van der Waals surface area contributed by atoms with Crippen molar-refractivity contribution in [2.75, 3.05) is 27.6 Å². The summed E-state index contributed by atoms with van der Waals surface area (Å²) in [7, 11) is 3.09. The number of methoxy groups -OCH3 is 2. The summed E-state index contributed by atoms with van der Waals surface area (Å²) >= 11 is 1.25. The zero-order valence-electron chi connectivity index (χ0n) is 23.5. The van der Waals surface area contributed by atoms with E-state index < -0.39 is 12.0 Å². The van der Waals surface area contributed by atoms with Gasteiger partial charge in [-0.2, -0.15) is 0 Å². The van der Waals surface area contributed by atoms with E-state index in [0.29, 0.717) is 43.6 Å². The first-order chi connectivity index (χ1) is 20.4.